The van der Waals surface area contributed by atoms with Crippen molar-refractivity contribution in [1.82, 2.24) is 5.43 Å². The molecule has 0 heterocycles. The van der Waals surface area contributed by atoms with Gasteiger partial charge in [-0.1, -0.05) is 17.7 Å². The minimum Gasteiger partial charge on any atom is -0.503 e. The number of nitrogens with zero attached hydrogens (tertiary/aromatic N) is 2. The lowest BCUT2D eigenvalue weighted by Gasteiger charge is -2.08. The second-order valence-corrected chi connectivity index (χ2v) is 6.03. The zero-order valence-electron chi connectivity index (χ0n) is 14.7. The molecular formula is C17H13ClF3N3O5. The van der Waals surface area contributed by atoms with Gasteiger partial charge in [0, 0.05) is 11.6 Å². The zero-order valence-corrected chi connectivity index (χ0v) is 15.4. The highest BCUT2D eigenvalue weighted by Crippen LogP contribution is 2.34. The van der Waals surface area contributed by atoms with E-state index in [0.29, 0.717) is 17.7 Å². The van der Waals surface area contributed by atoms with E-state index in [9.17, 15) is 33.2 Å². The van der Waals surface area contributed by atoms with E-state index in [0.717, 1.165) is 6.07 Å². The molecule has 0 spiro atoms. The third-order valence-electron chi connectivity index (χ3n) is 3.63. The number of hydrogen-bond donors (Lipinski definition) is 2. The van der Waals surface area contributed by atoms with Crippen molar-refractivity contribution in [3.63, 3.8) is 0 Å². The van der Waals surface area contributed by atoms with Crippen LogP contribution < -0.4 is 10.2 Å². The summed E-state index contributed by atoms with van der Waals surface area (Å²) in [5.41, 5.74) is 0.249. The summed E-state index contributed by atoms with van der Waals surface area (Å²) < 4.78 is 43.0. The van der Waals surface area contributed by atoms with Crippen LogP contribution in [0.15, 0.2) is 35.4 Å². The summed E-state index contributed by atoms with van der Waals surface area (Å²) >= 11 is 5.82. The molecule has 0 saturated carbocycles. The number of carbonyl (C=O) groups excluding carboxylic acids is 1. The molecule has 0 aliphatic heterocycles. The maximum absolute atomic E-state index is 12.7. The fourth-order valence-electron chi connectivity index (χ4n) is 2.27. The largest absolute Gasteiger partial charge is 0.503 e. The molecule has 0 atom stereocenters. The number of phenolic OH excluding ortho intramolecular Hbond substituents is 1. The Hall–Kier alpha value is -3.34. The molecular weight excluding hydrogens is 419 g/mol. The van der Waals surface area contributed by atoms with Crippen molar-refractivity contribution < 1.29 is 32.7 Å². The highest BCUT2D eigenvalue weighted by molar-refractivity contribution is 6.32. The van der Waals surface area contributed by atoms with Crippen molar-refractivity contribution >= 4 is 29.4 Å². The highest BCUT2D eigenvalue weighted by Gasteiger charge is 2.33. The third-order valence-corrected chi connectivity index (χ3v) is 3.92. The fraction of sp³-hybridized carbons (Fsp3) is 0.176. The maximum atomic E-state index is 12.7. The van der Waals surface area contributed by atoms with E-state index >= 15 is 0 Å². The Labute approximate surface area is 166 Å². The Kier molecular flexibility index (Phi) is 6.64. The van der Waals surface area contributed by atoms with Gasteiger partial charge in [0.25, 0.3) is 5.69 Å². The van der Waals surface area contributed by atoms with Crippen LogP contribution in [-0.2, 0) is 17.4 Å². The Morgan fingerprint density at radius 3 is 2.66 bits per heavy atom. The lowest BCUT2D eigenvalue weighted by Crippen LogP contribution is -2.20. The van der Waals surface area contributed by atoms with E-state index in [-0.39, 0.29) is 22.1 Å². The predicted octanol–water partition coefficient (Wildman–Crippen LogP) is 3.67. The maximum Gasteiger partial charge on any atom is 0.416 e. The van der Waals surface area contributed by atoms with Crippen LogP contribution in [0.5, 0.6) is 11.5 Å². The molecule has 0 bridgehead atoms. The first kappa shape index (κ1) is 22.0. The van der Waals surface area contributed by atoms with Gasteiger partial charge in [-0.05, 0) is 23.8 Å². The smallest absolute Gasteiger partial charge is 0.416 e. The van der Waals surface area contributed by atoms with Gasteiger partial charge in [-0.25, -0.2) is 5.43 Å². The first-order valence-electron chi connectivity index (χ1n) is 7.76. The van der Waals surface area contributed by atoms with E-state index in [4.69, 9.17) is 16.3 Å². The SMILES string of the molecule is COc1cc(/C=N\NC(=O)Cc2ccc(C(F)(F)F)cc2[N+](=O)[O-])cc(Cl)c1O. The normalized spacial score (nSPS) is 11.5. The Bertz CT molecular complexity index is 980. The number of amides is 1. The van der Waals surface area contributed by atoms with Crippen molar-refractivity contribution in [3.8, 4) is 11.5 Å². The molecule has 12 heteroatoms. The van der Waals surface area contributed by atoms with Gasteiger partial charge in [0.2, 0.25) is 5.91 Å². The van der Waals surface area contributed by atoms with Crippen LogP contribution in [0.4, 0.5) is 18.9 Å². The average molecular weight is 432 g/mol. The van der Waals surface area contributed by atoms with Crippen molar-refractivity contribution in [3.05, 3.63) is 62.2 Å². The van der Waals surface area contributed by atoms with Crippen LogP contribution in [0, 0.1) is 10.1 Å². The summed E-state index contributed by atoms with van der Waals surface area (Å²) in [6.07, 6.45) is -4.14. The third kappa shape index (κ3) is 5.57. The topological polar surface area (TPSA) is 114 Å². The number of hydrazone groups is 1. The summed E-state index contributed by atoms with van der Waals surface area (Å²) in [7, 11) is 1.31. The average Bonchev–Trinajstić information content (AvgIpc) is 2.63. The van der Waals surface area contributed by atoms with Crippen LogP contribution in [0.1, 0.15) is 16.7 Å². The molecule has 2 N–H and O–H groups in total. The first-order valence-corrected chi connectivity index (χ1v) is 8.13. The van der Waals surface area contributed by atoms with Crippen molar-refractivity contribution in [1.29, 1.82) is 0 Å². The lowest BCUT2D eigenvalue weighted by molar-refractivity contribution is -0.385. The van der Waals surface area contributed by atoms with Crippen LogP contribution in [0.3, 0.4) is 0 Å². The monoisotopic (exact) mass is 431 g/mol. The van der Waals surface area contributed by atoms with Gasteiger partial charge in [0.15, 0.2) is 11.5 Å². The second-order valence-electron chi connectivity index (χ2n) is 5.62. The van der Waals surface area contributed by atoms with Gasteiger partial charge < -0.3 is 9.84 Å². The molecule has 2 rings (SSSR count). The number of carbonyl (C=O) groups is 1. The number of phenols is 1. The highest BCUT2D eigenvalue weighted by atomic mass is 35.5. The number of nitro benzene ring substituents is 1. The van der Waals surface area contributed by atoms with Gasteiger partial charge >= 0.3 is 6.18 Å². The van der Waals surface area contributed by atoms with Gasteiger partial charge in [-0.3, -0.25) is 14.9 Å². The Morgan fingerprint density at radius 2 is 2.07 bits per heavy atom. The molecule has 154 valence electrons. The number of aromatic hydroxyl groups is 1. The molecule has 0 unspecified atom stereocenters. The van der Waals surface area contributed by atoms with Crippen molar-refractivity contribution in [2.75, 3.05) is 7.11 Å². The van der Waals surface area contributed by atoms with E-state index < -0.39 is 34.7 Å². The summed E-state index contributed by atoms with van der Waals surface area (Å²) in [6.45, 7) is 0. The molecule has 8 nitrogen and oxygen atoms in total. The molecule has 29 heavy (non-hydrogen) atoms. The fourth-order valence-corrected chi connectivity index (χ4v) is 2.49. The molecule has 2 aromatic carbocycles. The van der Waals surface area contributed by atoms with E-state index in [1.165, 1.54) is 25.5 Å². The van der Waals surface area contributed by atoms with E-state index in [1.54, 1.807) is 0 Å². The molecule has 1 amide bonds. The zero-order chi connectivity index (χ0) is 21.8. The Morgan fingerprint density at radius 1 is 1.38 bits per heavy atom. The number of methoxy groups -OCH3 is 1. The summed E-state index contributed by atoms with van der Waals surface area (Å²) in [5.74, 6) is -0.989. The molecule has 0 saturated heterocycles. The molecule has 0 radical (unpaired) electrons. The minimum absolute atomic E-state index is 0.0162. The quantitative estimate of drug-likeness (QED) is 0.411. The number of benzene rings is 2. The second kappa shape index (κ2) is 8.78. The number of rotatable bonds is 6. The molecule has 0 aliphatic rings. The van der Waals surface area contributed by atoms with Crippen LogP contribution in [0.2, 0.25) is 5.02 Å². The van der Waals surface area contributed by atoms with E-state index in [2.05, 4.69) is 10.5 Å². The standard InChI is InChI=1S/C17H13ClF3N3O5/c1-29-14-5-9(4-12(18)16(14)26)8-22-23-15(25)6-10-2-3-11(17(19,20)21)7-13(10)24(27)28/h2-5,7-8,26H,6H2,1H3,(H,23,25)/b22-8-. The van der Waals surface area contributed by atoms with Crippen LogP contribution in [-0.4, -0.2) is 29.3 Å². The van der Waals surface area contributed by atoms with E-state index in [1.807, 2.05) is 0 Å². The van der Waals surface area contributed by atoms with Gasteiger partial charge in [0.05, 0.1) is 35.3 Å². The lowest BCUT2D eigenvalue weighted by atomic mass is 10.1. The summed E-state index contributed by atoms with van der Waals surface area (Å²) in [4.78, 5) is 22.0. The summed E-state index contributed by atoms with van der Waals surface area (Å²) in [5, 5.41) is 24.3. The molecule has 2 aromatic rings. The molecule has 0 aliphatic carbocycles. The van der Waals surface area contributed by atoms with Gasteiger partial charge in [-0.2, -0.15) is 18.3 Å². The minimum atomic E-state index is -4.75. The number of hydrogen-bond acceptors (Lipinski definition) is 6. The van der Waals surface area contributed by atoms with Crippen LogP contribution in [0.25, 0.3) is 0 Å². The van der Waals surface area contributed by atoms with Gasteiger partial charge in [-0.15, -0.1) is 0 Å². The Balaban J connectivity index is 2.12. The predicted molar refractivity (Wildman–Crippen MR) is 97.2 cm³/mol. The molecule has 0 aromatic heterocycles. The number of ether oxygens (including phenoxy) is 1. The number of alkyl halides is 3. The van der Waals surface area contributed by atoms with Crippen molar-refractivity contribution in [2.24, 2.45) is 5.10 Å². The van der Waals surface area contributed by atoms with Crippen LogP contribution >= 0.6 is 11.6 Å². The molecule has 0 fully saturated rings. The number of halogens is 4. The number of nitro groups is 1. The summed E-state index contributed by atoms with van der Waals surface area (Å²) in [6, 6.07) is 4.63. The number of nitrogens with one attached hydrogen (secondary N) is 1. The van der Waals surface area contributed by atoms with Crippen molar-refractivity contribution in [2.45, 2.75) is 12.6 Å². The first-order chi connectivity index (χ1) is 13.5. The van der Waals surface area contributed by atoms with Gasteiger partial charge in [0.1, 0.15) is 0 Å².